The molecule has 0 radical (unpaired) electrons. The van der Waals surface area contributed by atoms with E-state index in [0.717, 1.165) is 12.2 Å². The third-order valence-corrected chi connectivity index (χ3v) is 2.81. The number of carbonyl (C=O) groups excluding carboxylic acids is 1. The third-order valence-electron chi connectivity index (χ3n) is 2.81. The van der Waals surface area contributed by atoms with Gasteiger partial charge < -0.3 is 10.1 Å². The van der Waals surface area contributed by atoms with Gasteiger partial charge in [0.05, 0.1) is 12.8 Å². The Morgan fingerprint density at radius 3 is 2.19 bits per heavy atom. The molecule has 0 heterocycles. The van der Waals surface area contributed by atoms with Crippen LogP contribution in [0.4, 0.5) is 0 Å². The highest BCUT2D eigenvalue weighted by Gasteiger charge is 2.21. The summed E-state index contributed by atoms with van der Waals surface area (Å²) in [6.45, 7) is 14.2. The molecule has 1 rings (SSSR count). The van der Waals surface area contributed by atoms with E-state index < -0.39 is 0 Å². The number of ether oxygens (including phenoxy) is 1. The van der Waals surface area contributed by atoms with Crippen LogP contribution in [0.3, 0.4) is 0 Å². The van der Waals surface area contributed by atoms with E-state index in [2.05, 4.69) is 51.9 Å². The smallest absolute Gasteiger partial charge is 0.207 e. The van der Waals surface area contributed by atoms with Crippen molar-refractivity contribution < 1.29 is 9.53 Å². The fraction of sp³-hybridized carbons (Fsp3) is 0.647. The fourth-order valence-corrected chi connectivity index (χ4v) is 1.66. The molecule has 0 aromatic carbocycles. The summed E-state index contributed by atoms with van der Waals surface area (Å²) in [5, 5.41) is 3.35. The van der Waals surface area contributed by atoms with Crippen LogP contribution in [-0.4, -0.2) is 31.7 Å². The van der Waals surface area contributed by atoms with Crippen molar-refractivity contribution in [3.63, 3.8) is 0 Å². The minimum Gasteiger partial charge on any atom is -0.494 e. The Hall–Kier alpha value is -1.58. The zero-order chi connectivity index (χ0) is 16.3. The third kappa shape index (κ3) is 6.15. The number of hydrogen-bond acceptors (Lipinski definition) is 4. The second kappa shape index (κ2) is 6.46. The molecule has 0 aliphatic heterocycles. The highest BCUT2D eigenvalue weighted by Crippen LogP contribution is 2.19. The van der Waals surface area contributed by atoms with Gasteiger partial charge in [-0.15, -0.1) is 0 Å². The van der Waals surface area contributed by atoms with Crippen LogP contribution in [-0.2, 0) is 9.53 Å². The van der Waals surface area contributed by atoms with Crippen LogP contribution in [0.2, 0.25) is 0 Å². The SMILES string of the molecule is COC1=CC(=O)C(=NCC(C)(C)C)C=C1NCC(C)(C)C. The molecule has 0 spiro atoms. The van der Waals surface area contributed by atoms with Gasteiger partial charge in [0.15, 0.2) is 0 Å². The van der Waals surface area contributed by atoms with Crippen LogP contribution < -0.4 is 5.32 Å². The van der Waals surface area contributed by atoms with Gasteiger partial charge in [0, 0.05) is 19.2 Å². The van der Waals surface area contributed by atoms with Crippen molar-refractivity contribution in [2.24, 2.45) is 15.8 Å². The summed E-state index contributed by atoms with van der Waals surface area (Å²) in [5.74, 6) is 0.469. The molecule has 0 aromatic heterocycles. The van der Waals surface area contributed by atoms with Gasteiger partial charge in [-0.1, -0.05) is 41.5 Å². The number of hydrogen-bond donors (Lipinski definition) is 1. The summed E-state index contributed by atoms with van der Waals surface area (Å²) in [5.41, 5.74) is 1.51. The Bertz CT molecular complexity index is 486. The second-order valence-corrected chi connectivity index (χ2v) is 7.81. The van der Waals surface area contributed by atoms with Gasteiger partial charge in [-0.25, -0.2) is 0 Å². The first-order valence-electron chi connectivity index (χ1n) is 7.32. The average Bonchev–Trinajstić information content (AvgIpc) is 2.33. The number of carbonyl (C=O) groups is 1. The molecular weight excluding hydrogens is 264 g/mol. The predicted molar refractivity (Wildman–Crippen MR) is 87.4 cm³/mol. The van der Waals surface area contributed by atoms with Crippen molar-refractivity contribution in [1.82, 2.24) is 5.32 Å². The maximum absolute atomic E-state index is 12.1. The van der Waals surface area contributed by atoms with Crippen LogP contribution in [0.1, 0.15) is 41.5 Å². The molecule has 0 fully saturated rings. The number of nitrogens with one attached hydrogen (secondary N) is 1. The zero-order valence-electron chi connectivity index (χ0n) is 14.3. The van der Waals surface area contributed by atoms with E-state index in [1.54, 1.807) is 13.2 Å². The highest BCUT2D eigenvalue weighted by molar-refractivity contribution is 6.49. The molecule has 21 heavy (non-hydrogen) atoms. The van der Waals surface area contributed by atoms with Crippen molar-refractivity contribution in [3.8, 4) is 0 Å². The molecule has 0 saturated heterocycles. The first kappa shape index (κ1) is 17.5. The number of ketones is 1. The maximum atomic E-state index is 12.1. The summed E-state index contributed by atoms with van der Waals surface area (Å²) in [6, 6.07) is 0. The number of methoxy groups -OCH3 is 1. The Labute approximate surface area is 128 Å². The first-order valence-corrected chi connectivity index (χ1v) is 7.32. The molecule has 0 atom stereocenters. The molecule has 0 amide bonds. The Morgan fingerprint density at radius 1 is 1.10 bits per heavy atom. The maximum Gasteiger partial charge on any atom is 0.207 e. The van der Waals surface area contributed by atoms with Gasteiger partial charge in [-0.05, 0) is 16.9 Å². The summed E-state index contributed by atoms with van der Waals surface area (Å²) < 4.78 is 5.29. The van der Waals surface area contributed by atoms with E-state index in [-0.39, 0.29) is 16.6 Å². The van der Waals surface area contributed by atoms with E-state index >= 15 is 0 Å². The van der Waals surface area contributed by atoms with Gasteiger partial charge in [0.2, 0.25) is 5.78 Å². The van der Waals surface area contributed by atoms with E-state index in [1.807, 2.05) is 0 Å². The molecule has 1 aliphatic rings. The van der Waals surface area contributed by atoms with Gasteiger partial charge in [-0.2, -0.15) is 0 Å². The van der Waals surface area contributed by atoms with Crippen LogP contribution in [0.5, 0.6) is 0 Å². The Morgan fingerprint density at radius 2 is 1.71 bits per heavy atom. The van der Waals surface area contributed by atoms with Crippen molar-refractivity contribution in [2.45, 2.75) is 41.5 Å². The normalized spacial score (nSPS) is 18.4. The second-order valence-electron chi connectivity index (χ2n) is 7.81. The minimum atomic E-state index is -0.0996. The lowest BCUT2D eigenvalue weighted by molar-refractivity contribution is -0.109. The molecule has 0 bridgehead atoms. The zero-order valence-corrected chi connectivity index (χ0v) is 14.3. The number of rotatable bonds is 4. The monoisotopic (exact) mass is 292 g/mol. The molecule has 0 saturated carbocycles. The molecule has 118 valence electrons. The van der Waals surface area contributed by atoms with Gasteiger partial charge >= 0.3 is 0 Å². The molecule has 0 aromatic rings. The van der Waals surface area contributed by atoms with Crippen LogP contribution in [0, 0.1) is 10.8 Å². The molecule has 1 N–H and O–H groups in total. The van der Waals surface area contributed by atoms with Gasteiger partial charge in [-0.3, -0.25) is 9.79 Å². The molecular formula is C17H28N2O2. The standard InChI is InChI=1S/C17H28N2O2/c1-16(2,3)10-18-12-8-13(19-11-17(4,5)6)15(21-7)9-14(12)20/h8-9,19H,10-11H2,1-7H3. The fourth-order valence-electron chi connectivity index (χ4n) is 1.66. The molecule has 4 nitrogen and oxygen atoms in total. The van der Waals surface area contributed by atoms with Crippen molar-refractivity contribution in [2.75, 3.05) is 20.2 Å². The van der Waals surface area contributed by atoms with Crippen molar-refractivity contribution in [3.05, 3.63) is 23.6 Å². The summed E-state index contributed by atoms with van der Waals surface area (Å²) >= 11 is 0. The van der Waals surface area contributed by atoms with Crippen LogP contribution in [0.25, 0.3) is 0 Å². The average molecular weight is 292 g/mol. The minimum absolute atomic E-state index is 0.0609. The lowest BCUT2D eigenvalue weighted by Gasteiger charge is -2.23. The van der Waals surface area contributed by atoms with Gasteiger partial charge in [0.25, 0.3) is 0 Å². The lowest BCUT2D eigenvalue weighted by Crippen LogP contribution is -2.30. The summed E-state index contributed by atoms with van der Waals surface area (Å²) in [7, 11) is 1.57. The molecule has 0 unspecified atom stereocenters. The predicted octanol–water partition coefficient (Wildman–Crippen LogP) is 3.11. The molecule has 4 heteroatoms. The number of allylic oxidation sites excluding steroid dienone is 2. The van der Waals surface area contributed by atoms with E-state index in [1.165, 1.54) is 6.08 Å². The topological polar surface area (TPSA) is 50.7 Å². The Kier molecular flexibility index (Phi) is 5.37. The van der Waals surface area contributed by atoms with Crippen LogP contribution in [0.15, 0.2) is 28.6 Å². The van der Waals surface area contributed by atoms with E-state index in [4.69, 9.17) is 4.74 Å². The number of aliphatic imine (C=N–C) groups is 1. The van der Waals surface area contributed by atoms with E-state index in [9.17, 15) is 4.79 Å². The highest BCUT2D eigenvalue weighted by atomic mass is 16.5. The molecule has 1 aliphatic carbocycles. The summed E-state index contributed by atoms with van der Waals surface area (Å²) in [6.07, 6.45) is 3.30. The Balaban J connectivity index is 2.95. The van der Waals surface area contributed by atoms with Crippen LogP contribution >= 0.6 is 0 Å². The van der Waals surface area contributed by atoms with Gasteiger partial charge in [0.1, 0.15) is 11.5 Å². The van der Waals surface area contributed by atoms with E-state index in [0.29, 0.717) is 18.0 Å². The largest absolute Gasteiger partial charge is 0.494 e. The number of nitrogens with zero attached hydrogens (tertiary/aromatic N) is 1. The van der Waals surface area contributed by atoms with Crippen molar-refractivity contribution in [1.29, 1.82) is 0 Å². The summed E-state index contributed by atoms with van der Waals surface area (Å²) in [4.78, 5) is 16.5. The lowest BCUT2D eigenvalue weighted by atomic mass is 9.96. The first-order chi connectivity index (χ1) is 9.52. The quantitative estimate of drug-likeness (QED) is 0.810. The van der Waals surface area contributed by atoms with Crippen molar-refractivity contribution >= 4 is 11.5 Å².